The highest BCUT2D eigenvalue weighted by atomic mass is 15.1. The lowest BCUT2D eigenvalue weighted by molar-refractivity contribution is 0.601. The second-order valence-corrected chi connectivity index (χ2v) is 6.13. The molecule has 2 N–H and O–H groups in total. The molecule has 21 heavy (non-hydrogen) atoms. The van der Waals surface area contributed by atoms with Crippen molar-refractivity contribution in [2.24, 2.45) is 5.73 Å². The molecule has 0 saturated heterocycles. The molecule has 0 aromatic heterocycles. The molecule has 0 saturated carbocycles. The highest BCUT2D eigenvalue weighted by Gasteiger charge is 2.18. The van der Waals surface area contributed by atoms with Gasteiger partial charge in [0.2, 0.25) is 0 Å². The summed E-state index contributed by atoms with van der Waals surface area (Å²) in [5.41, 5.74) is 11.9. The molecule has 1 unspecified atom stereocenters. The van der Waals surface area contributed by atoms with Crippen LogP contribution >= 0.6 is 0 Å². The Bertz CT molecular complexity index is 592. The van der Waals surface area contributed by atoms with Crippen molar-refractivity contribution >= 4 is 5.69 Å². The van der Waals surface area contributed by atoms with Gasteiger partial charge in [-0.25, -0.2) is 0 Å². The van der Waals surface area contributed by atoms with Gasteiger partial charge in [0.15, 0.2) is 0 Å². The maximum absolute atomic E-state index is 6.38. The van der Waals surface area contributed by atoms with Gasteiger partial charge in [0, 0.05) is 24.8 Å². The van der Waals surface area contributed by atoms with Gasteiger partial charge in [-0.15, -0.1) is 0 Å². The van der Waals surface area contributed by atoms with E-state index in [1.165, 1.54) is 35.2 Å². The summed E-state index contributed by atoms with van der Waals surface area (Å²) in [6.07, 6.45) is 3.37. The van der Waals surface area contributed by atoms with E-state index in [4.69, 9.17) is 5.73 Å². The molecule has 2 nitrogen and oxygen atoms in total. The number of hydrogen-bond donors (Lipinski definition) is 1. The zero-order valence-electron chi connectivity index (χ0n) is 12.8. The van der Waals surface area contributed by atoms with Gasteiger partial charge in [-0.3, -0.25) is 0 Å². The van der Waals surface area contributed by atoms with Crippen LogP contribution in [0.15, 0.2) is 48.5 Å². The fourth-order valence-electron chi connectivity index (χ4n) is 3.26. The minimum atomic E-state index is 0.180. The number of hydrogen-bond acceptors (Lipinski definition) is 2. The molecule has 1 atom stereocenters. The normalized spacial score (nSPS) is 15.6. The van der Waals surface area contributed by atoms with Crippen molar-refractivity contribution in [1.82, 2.24) is 0 Å². The van der Waals surface area contributed by atoms with Crippen molar-refractivity contribution in [2.45, 2.75) is 32.2 Å². The zero-order chi connectivity index (χ0) is 14.7. The van der Waals surface area contributed by atoms with Crippen molar-refractivity contribution < 1.29 is 0 Å². The predicted molar refractivity (Wildman–Crippen MR) is 89.8 cm³/mol. The van der Waals surface area contributed by atoms with E-state index in [0.717, 1.165) is 19.5 Å². The van der Waals surface area contributed by atoms with Crippen LogP contribution in [0.5, 0.6) is 0 Å². The van der Waals surface area contributed by atoms with Crippen LogP contribution in [0.3, 0.4) is 0 Å². The quantitative estimate of drug-likeness (QED) is 0.931. The molecule has 0 bridgehead atoms. The summed E-state index contributed by atoms with van der Waals surface area (Å²) in [6.45, 7) is 4.23. The van der Waals surface area contributed by atoms with Gasteiger partial charge in [0.05, 0.1) is 0 Å². The molecular formula is C19H24N2. The average Bonchev–Trinajstić information content (AvgIpc) is 2.48. The lowest BCUT2D eigenvalue weighted by atomic mass is 9.98. The molecule has 1 aliphatic heterocycles. The van der Waals surface area contributed by atoms with Crippen molar-refractivity contribution in [3.63, 3.8) is 0 Å². The third-order valence-corrected chi connectivity index (χ3v) is 4.25. The molecule has 0 fully saturated rings. The Hall–Kier alpha value is -1.80. The van der Waals surface area contributed by atoms with Crippen molar-refractivity contribution in [3.05, 3.63) is 65.2 Å². The third-order valence-electron chi connectivity index (χ3n) is 4.25. The molecule has 1 aliphatic rings. The topological polar surface area (TPSA) is 29.3 Å². The Morgan fingerprint density at radius 2 is 1.95 bits per heavy atom. The van der Waals surface area contributed by atoms with Gasteiger partial charge >= 0.3 is 0 Å². The van der Waals surface area contributed by atoms with E-state index in [2.05, 4.69) is 60.4 Å². The molecule has 0 amide bonds. The SMILES string of the molecule is Cc1ccc2c(c1)CCCN2CC(N)Cc1ccccc1. The Morgan fingerprint density at radius 3 is 2.76 bits per heavy atom. The summed E-state index contributed by atoms with van der Waals surface area (Å²) < 4.78 is 0. The van der Waals surface area contributed by atoms with Crippen LogP contribution < -0.4 is 10.6 Å². The van der Waals surface area contributed by atoms with Crippen molar-refractivity contribution in [3.8, 4) is 0 Å². The van der Waals surface area contributed by atoms with E-state index in [0.29, 0.717) is 0 Å². The first-order chi connectivity index (χ1) is 10.2. The molecule has 0 spiro atoms. The van der Waals surface area contributed by atoms with E-state index >= 15 is 0 Å². The second kappa shape index (κ2) is 6.31. The molecule has 0 aliphatic carbocycles. The summed E-state index contributed by atoms with van der Waals surface area (Å²) in [7, 11) is 0. The molecular weight excluding hydrogens is 256 g/mol. The van der Waals surface area contributed by atoms with Crippen LogP contribution in [-0.4, -0.2) is 19.1 Å². The van der Waals surface area contributed by atoms with E-state index in [1.807, 2.05) is 0 Å². The average molecular weight is 280 g/mol. The van der Waals surface area contributed by atoms with Gasteiger partial charge in [0.25, 0.3) is 0 Å². The first kappa shape index (κ1) is 14.2. The minimum Gasteiger partial charge on any atom is -0.370 e. The second-order valence-electron chi connectivity index (χ2n) is 6.13. The maximum atomic E-state index is 6.38. The standard InChI is InChI=1S/C19H24N2/c1-15-9-10-19-17(12-15)8-5-11-21(19)14-18(20)13-16-6-3-2-4-7-16/h2-4,6-7,9-10,12,18H,5,8,11,13-14,20H2,1H3. The number of anilines is 1. The predicted octanol–water partition coefficient (Wildman–Crippen LogP) is 3.32. The smallest absolute Gasteiger partial charge is 0.0399 e. The number of benzene rings is 2. The summed E-state index contributed by atoms with van der Waals surface area (Å²) in [6, 6.07) is 17.5. The van der Waals surface area contributed by atoms with Crippen LogP contribution in [0, 0.1) is 6.92 Å². The van der Waals surface area contributed by atoms with E-state index in [-0.39, 0.29) is 6.04 Å². The number of aryl methyl sites for hydroxylation is 2. The first-order valence-corrected chi connectivity index (χ1v) is 7.86. The van der Waals surface area contributed by atoms with E-state index in [1.54, 1.807) is 0 Å². The van der Waals surface area contributed by atoms with Crippen molar-refractivity contribution in [1.29, 1.82) is 0 Å². The van der Waals surface area contributed by atoms with Crippen LogP contribution in [0.25, 0.3) is 0 Å². The number of rotatable bonds is 4. The van der Waals surface area contributed by atoms with Gasteiger partial charge in [0.1, 0.15) is 0 Å². The highest BCUT2D eigenvalue weighted by Crippen LogP contribution is 2.28. The monoisotopic (exact) mass is 280 g/mol. The van der Waals surface area contributed by atoms with Crippen LogP contribution in [-0.2, 0) is 12.8 Å². The Balaban J connectivity index is 1.69. The first-order valence-electron chi connectivity index (χ1n) is 7.86. The Morgan fingerprint density at radius 1 is 1.14 bits per heavy atom. The van der Waals surface area contributed by atoms with Gasteiger partial charge < -0.3 is 10.6 Å². The number of nitrogens with zero attached hydrogens (tertiary/aromatic N) is 1. The summed E-state index contributed by atoms with van der Waals surface area (Å²) in [5.74, 6) is 0. The minimum absolute atomic E-state index is 0.180. The summed E-state index contributed by atoms with van der Waals surface area (Å²) >= 11 is 0. The molecule has 1 heterocycles. The maximum Gasteiger partial charge on any atom is 0.0399 e. The lowest BCUT2D eigenvalue weighted by Crippen LogP contribution is -2.41. The highest BCUT2D eigenvalue weighted by molar-refractivity contribution is 5.56. The Labute approximate surface area is 127 Å². The van der Waals surface area contributed by atoms with E-state index < -0.39 is 0 Å². The number of fused-ring (bicyclic) bond motifs is 1. The van der Waals surface area contributed by atoms with Crippen LogP contribution in [0.4, 0.5) is 5.69 Å². The molecule has 110 valence electrons. The molecule has 3 rings (SSSR count). The molecule has 2 aromatic rings. The van der Waals surface area contributed by atoms with Crippen LogP contribution in [0.2, 0.25) is 0 Å². The Kier molecular flexibility index (Phi) is 4.26. The molecule has 2 aromatic carbocycles. The molecule has 0 radical (unpaired) electrons. The van der Waals surface area contributed by atoms with Crippen molar-refractivity contribution in [2.75, 3.05) is 18.0 Å². The zero-order valence-corrected chi connectivity index (χ0v) is 12.8. The van der Waals surface area contributed by atoms with Gasteiger partial charge in [-0.05, 0) is 43.4 Å². The largest absolute Gasteiger partial charge is 0.370 e. The fourth-order valence-corrected chi connectivity index (χ4v) is 3.26. The fraction of sp³-hybridized carbons (Fsp3) is 0.368. The summed E-state index contributed by atoms with van der Waals surface area (Å²) in [4.78, 5) is 2.46. The summed E-state index contributed by atoms with van der Waals surface area (Å²) in [5, 5.41) is 0. The molecule has 2 heteroatoms. The lowest BCUT2D eigenvalue weighted by Gasteiger charge is -2.33. The van der Waals surface area contributed by atoms with Gasteiger partial charge in [-0.1, -0.05) is 48.0 Å². The third kappa shape index (κ3) is 3.45. The van der Waals surface area contributed by atoms with Gasteiger partial charge in [-0.2, -0.15) is 0 Å². The van der Waals surface area contributed by atoms with E-state index in [9.17, 15) is 0 Å². The number of nitrogens with two attached hydrogens (primary N) is 1. The van der Waals surface area contributed by atoms with Crippen LogP contribution in [0.1, 0.15) is 23.1 Å².